The lowest BCUT2D eigenvalue weighted by atomic mass is 9.81. The minimum atomic E-state index is -3.73. The number of hydrogen-bond donors (Lipinski definition) is 2. The molecule has 0 spiro atoms. The molecule has 1 amide bonds. The van der Waals surface area contributed by atoms with Gasteiger partial charge in [0.15, 0.2) is 0 Å². The highest BCUT2D eigenvalue weighted by Gasteiger charge is 2.40. The quantitative estimate of drug-likeness (QED) is 0.430. The van der Waals surface area contributed by atoms with Crippen molar-refractivity contribution < 1.29 is 13.2 Å². The molecule has 3 aromatic rings. The van der Waals surface area contributed by atoms with Crippen molar-refractivity contribution in [3.8, 4) is 6.07 Å². The van der Waals surface area contributed by atoms with E-state index in [9.17, 15) is 18.5 Å². The van der Waals surface area contributed by atoms with Crippen LogP contribution in [0, 0.1) is 11.3 Å². The fraction of sp³-hybridized carbons (Fsp3) is 0.357. The van der Waals surface area contributed by atoms with Crippen molar-refractivity contribution in [3.63, 3.8) is 0 Å². The summed E-state index contributed by atoms with van der Waals surface area (Å²) in [5.41, 5.74) is 2.16. The standard InChI is InChI=1S/C28H32N4O3S2/c1-6-32(18-19-10-8-7-9-11-19)37(34,35)21-14-12-20(13-15-21)25(33)30-26-23(17-29)22-16-27(2,3)31-28(4,5)24(22)36-26/h7-15,31H,6,16,18H2,1-5H3,(H,30,33). The van der Waals surface area contributed by atoms with Gasteiger partial charge in [-0.05, 0) is 69.5 Å². The van der Waals surface area contributed by atoms with E-state index in [-0.39, 0.29) is 28.4 Å². The molecule has 2 N–H and O–H groups in total. The van der Waals surface area contributed by atoms with E-state index in [1.807, 2.05) is 30.3 Å². The lowest BCUT2D eigenvalue weighted by Crippen LogP contribution is -2.54. The van der Waals surface area contributed by atoms with Crippen LogP contribution in [-0.4, -0.2) is 30.7 Å². The highest BCUT2D eigenvalue weighted by molar-refractivity contribution is 7.89. The van der Waals surface area contributed by atoms with E-state index in [2.05, 4.69) is 44.4 Å². The molecule has 9 heteroatoms. The van der Waals surface area contributed by atoms with E-state index < -0.39 is 10.0 Å². The van der Waals surface area contributed by atoms with Crippen molar-refractivity contribution in [2.45, 2.75) is 63.6 Å². The average molecular weight is 537 g/mol. The summed E-state index contributed by atoms with van der Waals surface area (Å²) in [4.78, 5) is 14.3. The molecule has 0 saturated heterocycles. The Hall–Kier alpha value is -3.03. The van der Waals surface area contributed by atoms with Crippen LogP contribution in [0.15, 0.2) is 59.5 Å². The lowest BCUT2D eigenvalue weighted by Gasteiger charge is -2.42. The van der Waals surface area contributed by atoms with Crippen molar-refractivity contribution in [3.05, 3.63) is 81.7 Å². The Labute approximate surface area is 223 Å². The van der Waals surface area contributed by atoms with Gasteiger partial charge in [0.1, 0.15) is 11.1 Å². The number of rotatable bonds is 7. The number of carbonyl (C=O) groups excluding carboxylic acids is 1. The van der Waals surface area contributed by atoms with Gasteiger partial charge in [-0.15, -0.1) is 11.3 Å². The monoisotopic (exact) mass is 536 g/mol. The number of anilines is 1. The van der Waals surface area contributed by atoms with Crippen LogP contribution in [0.5, 0.6) is 0 Å². The summed E-state index contributed by atoms with van der Waals surface area (Å²) in [6.45, 7) is 10.7. The van der Waals surface area contributed by atoms with E-state index >= 15 is 0 Å². The number of hydrogen-bond acceptors (Lipinski definition) is 6. The van der Waals surface area contributed by atoms with Gasteiger partial charge in [-0.25, -0.2) is 8.42 Å². The fourth-order valence-corrected chi connectivity index (χ4v) is 7.65. The Morgan fingerprint density at radius 2 is 1.76 bits per heavy atom. The first-order valence-electron chi connectivity index (χ1n) is 12.2. The Kier molecular flexibility index (Phi) is 7.32. The average Bonchev–Trinajstić information content (AvgIpc) is 3.19. The Morgan fingerprint density at radius 1 is 1.11 bits per heavy atom. The number of amides is 1. The predicted molar refractivity (Wildman–Crippen MR) is 147 cm³/mol. The maximum atomic E-state index is 13.2. The number of carbonyl (C=O) groups is 1. The number of sulfonamides is 1. The Morgan fingerprint density at radius 3 is 2.35 bits per heavy atom. The molecule has 194 valence electrons. The van der Waals surface area contributed by atoms with Crippen molar-refractivity contribution in [1.29, 1.82) is 5.26 Å². The zero-order valence-electron chi connectivity index (χ0n) is 21.8. The van der Waals surface area contributed by atoms with Gasteiger partial charge < -0.3 is 10.6 Å². The Bertz CT molecular complexity index is 1450. The first-order valence-corrected chi connectivity index (χ1v) is 14.4. The summed E-state index contributed by atoms with van der Waals surface area (Å²) < 4.78 is 27.9. The maximum Gasteiger partial charge on any atom is 0.256 e. The third-order valence-corrected chi connectivity index (χ3v) is 9.90. The van der Waals surface area contributed by atoms with Gasteiger partial charge in [0.25, 0.3) is 5.91 Å². The van der Waals surface area contributed by atoms with E-state index in [0.29, 0.717) is 29.1 Å². The topological polar surface area (TPSA) is 102 Å². The summed E-state index contributed by atoms with van der Waals surface area (Å²) in [5.74, 6) is -0.388. The molecule has 1 aliphatic rings. The van der Waals surface area contributed by atoms with Crippen LogP contribution in [0.3, 0.4) is 0 Å². The second-order valence-electron chi connectivity index (χ2n) is 10.4. The highest BCUT2D eigenvalue weighted by atomic mass is 32.2. The number of benzene rings is 2. The minimum absolute atomic E-state index is 0.126. The van der Waals surface area contributed by atoms with Gasteiger partial charge in [-0.1, -0.05) is 37.3 Å². The molecule has 2 heterocycles. The largest absolute Gasteiger partial charge is 0.312 e. The first kappa shape index (κ1) is 27.0. The molecule has 1 aliphatic heterocycles. The molecule has 0 atom stereocenters. The predicted octanol–water partition coefficient (Wildman–Crippen LogP) is 5.24. The van der Waals surface area contributed by atoms with Crippen LogP contribution in [0.2, 0.25) is 0 Å². The molecule has 7 nitrogen and oxygen atoms in total. The van der Waals surface area contributed by atoms with Crippen molar-refractivity contribution in [1.82, 2.24) is 9.62 Å². The van der Waals surface area contributed by atoms with Crippen LogP contribution >= 0.6 is 11.3 Å². The molecule has 0 saturated carbocycles. The molecule has 0 radical (unpaired) electrons. The molecule has 4 rings (SSSR count). The summed E-state index contributed by atoms with van der Waals surface area (Å²) in [6, 6.07) is 17.6. The summed E-state index contributed by atoms with van der Waals surface area (Å²) in [6.07, 6.45) is 0.685. The van der Waals surface area contributed by atoms with Crippen LogP contribution in [0.25, 0.3) is 0 Å². The normalized spacial score (nSPS) is 16.1. The zero-order chi connectivity index (χ0) is 27.0. The first-order chi connectivity index (χ1) is 17.4. The third kappa shape index (κ3) is 5.48. The molecule has 37 heavy (non-hydrogen) atoms. The van der Waals surface area contributed by atoms with Gasteiger partial charge in [0, 0.05) is 34.6 Å². The molecular weight excluding hydrogens is 504 g/mol. The van der Waals surface area contributed by atoms with Crippen LogP contribution in [-0.2, 0) is 28.5 Å². The Balaban J connectivity index is 1.56. The highest BCUT2D eigenvalue weighted by Crippen LogP contribution is 2.44. The van der Waals surface area contributed by atoms with Gasteiger partial charge in [0.2, 0.25) is 10.0 Å². The zero-order valence-corrected chi connectivity index (χ0v) is 23.4. The van der Waals surface area contributed by atoms with E-state index in [1.54, 1.807) is 6.92 Å². The second-order valence-corrected chi connectivity index (χ2v) is 13.4. The summed E-state index contributed by atoms with van der Waals surface area (Å²) >= 11 is 1.41. The summed E-state index contributed by atoms with van der Waals surface area (Å²) in [5, 5.41) is 16.9. The van der Waals surface area contributed by atoms with Crippen molar-refractivity contribution in [2.24, 2.45) is 0 Å². The summed E-state index contributed by atoms with van der Waals surface area (Å²) in [7, 11) is -3.73. The van der Waals surface area contributed by atoms with Crippen LogP contribution < -0.4 is 10.6 Å². The molecule has 2 aromatic carbocycles. The lowest BCUT2D eigenvalue weighted by molar-refractivity contribution is 0.102. The van der Waals surface area contributed by atoms with Gasteiger partial charge >= 0.3 is 0 Å². The molecule has 0 unspecified atom stereocenters. The smallest absolute Gasteiger partial charge is 0.256 e. The van der Waals surface area contributed by atoms with Crippen molar-refractivity contribution >= 4 is 32.3 Å². The van der Waals surface area contributed by atoms with E-state index in [1.165, 1.54) is 39.9 Å². The second kappa shape index (κ2) is 10.0. The number of thiophene rings is 1. The van der Waals surface area contributed by atoms with Crippen molar-refractivity contribution in [2.75, 3.05) is 11.9 Å². The molecule has 0 bridgehead atoms. The SMILES string of the molecule is CCN(Cc1ccccc1)S(=O)(=O)c1ccc(C(=O)Nc2sc3c(c2C#N)CC(C)(C)NC3(C)C)cc1. The number of nitrogens with zero attached hydrogens (tertiary/aromatic N) is 2. The minimum Gasteiger partial charge on any atom is -0.312 e. The molecule has 0 fully saturated rings. The number of fused-ring (bicyclic) bond motifs is 1. The third-order valence-electron chi connectivity index (χ3n) is 6.49. The fourth-order valence-electron chi connectivity index (χ4n) is 4.99. The van der Waals surface area contributed by atoms with E-state index in [4.69, 9.17) is 0 Å². The molecule has 1 aromatic heterocycles. The molecule has 0 aliphatic carbocycles. The van der Waals surface area contributed by atoms with Crippen LogP contribution in [0.4, 0.5) is 5.00 Å². The van der Waals surface area contributed by atoms with E-state index in [0.717, 1.165) is 16.0 Å². The molecular formula is C28H32N4O3S2. The maximum absolute atomic E-state index is 13.2. The number of nitrogens with one attached hydrogen (secondary N) is 2. The number of nitriles is 1. The van der Waals surface area contributed by atoms with Gasteiger partial charge in [0.05, 0.1) is 10.5 Å². The van der Waals surface area contributed by atoms with Gasteiger partial charge in [-0.2, -0.15) is 9.57 Å². The van der Waals surface area contributed by atoms with Gasteiger partial charge in [-0.3, -0.25) is 4.79 Å². The van der Waals surface area contributed by atoms with Crippen LogP contribution in [0.1, 0.15) is 66.5 Å².